The van der Waals surface area contributed by atoms with Crippen molar-refractivity contribution in [2.45, 2.75) is 26.7 Å². The number of amides is 1. The van der Waals surface area contributed by atoms with Crippen LogP contribution in [0.5, 0.6) is 11.6 Å². The van der Waals surface area contributed by atoms with Crippen molar-refractivity contribution in [2.75, 3.05) is 44.3 Å². The van der Waals surface area contributed by atoms with E-state index in [1.54, 1.807) is 6.20 Å². The Morgan fingerprint density at radius 2 is 2.07 bits per heavy atom. The molecule has 0 spiro atoms. The van der Waals surface area contributed by atoms with Gasteiger partial charge in [0.15, 0.2) is 5.75 Å². The molecule has 2 fully saturated rings. The molecule has 2 aliphatic rings. The lowest BCUT2D eigenvalue weighted by Crippen LogP contribution is -2.39. The van der Waals surface area contributed by atoms with Gasteiger partial charge < -0.3 is 19.3 Å². The Morgan fingerprint density at radius 1 is 1.17 bits per heavy atom. The first-order chi connectivity index (χ1) is 14.1. The summed E-state index contributed by atoms with van der Waals surface area (Å²) in [5.41, 5.74) is 1.70. The predicted octanol–water partition coefficient (Wildman–Crippen LogP) is 2.36. The van der Waals surface area contributed by atoms with Gasteiger partial charge >= 0.3 is 0 Å². The molecule has 4 heterocycles. The number of hydrogen-bond donors (Lipinski definition) is 0. The first kappa shape index (κ1) is 19.6. The zero-order valence-electron chi connectivity index (χ0n) is 17.0. The molecule has 2 aliphatic heterocycles. The highest BCUT2D eigenvalue weighted by Gasteiger charge is 2.29. The fourth-order valence-electron chi connectivity index (χ4n) is 3.87. The van der Waals surface area contributed by atoms with E-state index in [4.69, 9.17) is 9.47 Å². The Kier molecular flexibility index (Phi) is 5.89. The number of aryl methyl sites for hydroxylation is 1. The molecule has 0 saturated carbocycles. The molecule has 2 aromatic rings. The normalized spacial score (nSPS) is 19.9. The Balaban J connectivity index is 1.47. The number of carbonyl (C=O) groups excluding carboxylic acids is 1. The van der Waals surface area contributed by atoms with Crippen LogP contribution in [0.4, 0.5) is 5.82 Å². The van der Waals surface area contributed by atoms with Crippen molar-refractivity contribution in [1.29, 1.82) is 0 Å². The molecule has 0 bridgehead atoms. The van der Waals surface area contributed by atoms with E-state index in [0.29, 0.717) is 31.4 Å². The molecule has 4 rings (SSSR count). The number of hydrogen-bond acceptors (Lipinski definition) is 7. The van der Waals surface area contributed by atoms with Crippen molar-refractivity contribution in [1.82, 2.24) is 19.9 Å². The molecule has 0 aliphatic carbocycles. The average molecular weight is 397 g/mol. The third kappa shape index (κ3) is 4.32. The summed E-state index contributed by atoms with van der Waals surface area (Å²) < 4.78 is 11.4. The Morgan fingerprint density at radius 3 is 2.86 bits per heavy atom. The quantitative estimate of drug-likeness (QED) is 0.783. The van der Waals surface area contributed by atoms with E-state index in [1.807, 2.05) is 30.9 Å². The van der Waals surface area contributed by atoms with Crippen LogP contribution in [0, 0.1) is 19.8 Å². The molecule has 0 aromatic carbocycles. The van der Waals surface area contributed by atoms with Crippen molar-refractivity contribution in [2.24, 2.45) is 5.92 Å². The summed E-state index contributed by atoms with van der Waals surface area (Å²) in [7, 11) is 0. The van der Waals surface area contributed by atoms with E-state index >= 15 is 0 Å². The fourth-order valence-corrected chi connectivity index (χ4v) is 3.87. The number of carbonyl (C=O) groups is 1. The maximum Gasteiger partial charge on any atom is 0.228 e. The molecule has 2 saturated heterocycles. The number of nitrogens with zero attached hydrogens (tertiary/aromatic N) is 5. The van der Waals surface area contributed by atoms with E-state index in [2.05, 4.69) is 19.9 Å². The number of ether oxygens (including phenoxy) is 2. The summed E-state index contributed by atoms with van der Waals surface area (Å²) in [6.07, 6.45) is 5.01. The van der Waals surface area contributed by atoms with Crippen molar-refractivity contribution in [3.63, 3.8) is 0 Å². The monoisotopic (exact) mass is 397 g/mol. The summed E-state index contributed by atoms with van der Waals surface area (Å²) >= 11 is 0. The van der Waals surface area contributed by atoms with Gasteiger partial charge in [-0.05, 0) is 38.8 Å². The van der Waals surface area contributed by atoms with Crippen molar-refractivity contribution in [3.8, 4) is 11.6 Å². The van der Waals surface area contributed by atoms with Crippen LogP contribution >= 0.6 is 0 Å². The van der Waals surface area contributed by atoms with Gasteiger partial charge in [0.25, 0.3) is 0 Å². The van der Waals surface area contributed by atoms with E-state index in [-0.39, 0.29) is 11.8 Å². The SMILES string of the molecule is Cc1ncccc1Oc1ncnc(N2CCCN(C(=O)C3CCOC3)CC2)c1C. The standard InChI is InChI=1S/C21H27N5O3/c1-15-19(23-14-24-20(15)29-18-5-3-7-22-16(18)2)25-8-4-9-26(11-10-25)21(27)17-6-12-28-13-17/h3,5,7,14,17H,4,6,8-13H2,1-2H3. The molecule has 8 nitrogen and oxygen atoms in total. The second-order valence-electron chi connectivity index (χ2n) is 7.54. The number of rotatable bonds is 4. The van der Waals surface area contributed by atoms with Crippen LogP contribution in [0.15, 0.2) is 24.7 Å². The lowest BCUT2D eigenvalue weighted by molar-refractivity contribution is -0.135. The van der Waals surface area contributed by atoms with Gasteiger partial charge in [0.05, 0.1) is 23.8 Å². The van der Waals surface area contributed by atoms with Crippen LogP contribution in [-0.4, -0.2) is 65.2 Å². The van der Waals surface area contributed by atoms with Crippen LogP contribution < -0.4 is 9.64 Å². The van der Waals surface area contributed by atoms with Crippen LogP contribution in [0.25, 0.3) is 0 Å². The molecule has 0 N–H and O–H groups in total. The minimum Gasteiger partial charge on any atom is -0.437 e. The van der Waals surface area contributed by atoms with Crippen LogP contribution in [0.3, 0.4) is 0 Å². The summed E-state index contributed by atoms with van der Waals surface area (Å²) in [6.45, 7) is 8.17. The average Bonchev–Trinajstić information content (AvgIpc) is 3.16. The van der Waals surface area contributed by atoms with Gasteiger partial charge in [-0.1, -0.05) is 0 Å². The van der Waals surface area contributed by atoms with Crippen LogP contribution in [-0.2, 0) is 9.53 Å². The fraction of sp³-hybridized carbons (Fsp3) is 0.524. The predicted molar refractivity (Wildman–Crippen MR) is 108 cm³/mol. The lowest BCUT2D eigenvalue weighted by atomic mass is 10.1. The highest BCUT2D eigenvalue weighted by molar-refractivity contribution is 5.79. The lowest BCUT2D eigenvalue weighted by Gasteiger charge is -2.25. The zero-order valence-corrected chi connectivity index (χ0v) is 17.0. The van der Waals surface area contributed by atoms with E-state index in [0.717, 1.165) is 49.6 Å². The molecule has 2 aromatic heterocycles. The number of aromatic nitrogens is 3. The maximum absolute atomic E-state index is 12.7. The second kappa shape index (κ2) is 8.73. The molecule has 0 radical (unpaired) electrons. The third-order valence-corrected chi connectivity index (χ3v) is 5.56. The number of anilines is 1. The molecule has 154 valence electrons. The first-order valence-corrected chi connectivity index (χ1v) is 10.2. The summed E-state index contributed by atoms with van der Waals surface area (Å²) in [5.74, 6) is 2.32. The minimum absolute atomic E-state index is 0.0186. The molecular formula is C21H27N5O3. The molecule has 1 atom stereocenters. The van der Waals surface area contributed by atoms with E-state index in [1.165, 1.54) is 6.33 Å². The van der Waals surface area contributed by atoms with E-state index in [9.17, 15) is 4.79 Å². The molecule has 1 amide bonds. The minimum atomic E-state index is 0.0186. The summed E-state index contributed by atoms with van der Waals surface area (Å²) in [5, 5.41) is 0. The molecule has 8 heteroatoms. The second-order valence-corrected chi connectivity index (χ2v) is 7.54. The maximum atomic E-state index is 12.7. The smallest absolute Gasteiger partial charge is 0.228 e. The van der Waals surface area contributed by atoms with Crippen molar-refractivity contribution in [3.05, 3.63) is 35.9 Å². The Labute approximate surface area is 170 Å². The molecular weight excluding hydrogens is 370 g/mol. The van der Waals surface area contributed by atoms with Gasteiger partial charge in [-0.25, -0.2) is 9.97 Å². The van der Waals surface area contributed by atoms with Gasteiger partial charge in [0.1, 0.15) is 12.1 Å². The zero-order chi connectivity index (χ0) is 20.2. The highest BCUT2D eigenvalue weighted by atomic mass is 16.5. The summed E-state index contributed by atoms with van der Waals surface area (Å²) in [6, 6.07) is 3.72. The third-order valence-electron chi connectivity index (χ3n) is 5.56. The van der Waals surface area contributed by atoms with Crippen molar-refractivity contribution < 1.29 is 14.3 Å². The van der Waals surface area contributed by atoms with Gasteiger partial charge in [0.2, 0.25) is 11.8 Å². The largest absolute Gasteiger partial charge is 0.437 e. The topological polar surface area (TPSA) is 80.7 Å². The highest BCUT2D eigenvalue weighted by Crippen LogP contribution is 2.29. The molecule has 29 heavy (non-hydrogen) atoms. The van der Waals surface area contributed by atoms with Crippen molar-refractivity contribution >= 4 is 11.7 Å². The van der Waals surface area contributed by atoms with Crippen LogP contribution in [0.1, 0.15) is 24.1 Å². The van der Waals surface area contributed by atoms with Gasteiger partial charge in [-0.15, -0.1) is 0 Å². The molecule has 1 unspecified atom stereocenters. The van der Waals surface area contributed by atoms with E-state index < -0.39 is 0 Å². The van der Waals surface area contributed by atoms with Gasteiger partial charge in [-0.2, -0.15) is 0 Å². The first-order valence-electron chi connectivity index (χ1n) is 10.2. The number of pyridine rings is 1. The summed E-state index contributed by atoms with van der Waals surface area (Å²) in [4.78, 5) is 30.0. The Bertz CT molecular complexity index is 869. The Hall–Kier alpha value is -2.74. The van der Waals surface area contributed by atoms with Gasteiger partial charge in [-0.3, -0.25) is 9.78 Å². The van der Waals surface area contributed by atoms with Crippen LogP contribution in [0.2, 0.25) is 0 Å². The van der Waals surface area contributed by atoms with Gasteiger partial charge in [0, 0.05) is 39.0 Å².